The first-order chi connectivity index (χ1) is 11.9. The molecule has 0 heterocycles. The molecular weight excluding hydrogens is 351 g/mol. The van der Waals surface area contributed by atoms with Crippen molar-refractivity contribution >= 4 is 29.0 Å². The van der Waals surface area contributed by atoms with Crippen LogP contribution in [0.2, 0.25) is 0 Å². The number of carbonyl (C=O) groups excluding carboxylic acids is 1. The highest BCUT2D eigenvalue weighted by Crippen LogP contribution is 2.28. The van der Waals surface area contributed by atoms with E-state index in [4.69, 9.17) is 5.11 Å². The monoisotopic (exact) mass is 366 g/mol. The van der Waals surface area contributed by atoms with E-state index >= 15 is 0 Å². The minimum absolute atomic E-state index is 0.142. The van der Waals surface area contributed by atoms with E-state index in [9.17, 15) is 24.4 Å². The number of aliphatic hydroxyl groups excluding tert-OH is 2. The van der Waals surface area contributed by atoms with Crippen LogP contribution in [-0.2, 0) is 0 Å². The van der Waals surface area contributed by atoms with Crippen molar-refractivity contribution in [3.05, 3.63) is 64.0 Å². The number of benzene rings is 2. The number of hydrogen-bond donors (Lipinski definition) is 3. The highest BCUT2D eigenvalue weighted by atomic mass is 32.2. The zero-order valence-electron chi connectivity index (χ0n) is 12.9. The van der Waals surface area contributed by atoms with Crippen LogP contribution < -0.4 is 5.32 Å². The largest absolute Gasteiger partial charge is 0.394 e. The maximum Gasteiger partial charge on any atom is 0.272 e. The van der Waals surface area contributed by atoms with Gasteiger partial charge in [-0.25, -0.2) is 4.39 Å². The zero-order valence-corrected chi connectivity index (χ0v) is 13.7. The zero-order chi connectivity index (χ0) is 18.4. The molecule has 1 atom stereocenters. The Morgan fingerprint density at radius 2 is 1.96 bits per heavy atom. The second kappa shape index (κ2) is 8.56. The molecule has 7 nitrogen and oxygen atoms in total. The predicted molar refractivity (Wildman–Crippen MR) is 91.3 cm³/mol. The first-order valence-corrected chi connectivity index (χ1v) is 8.15. The van der Waals surface area contributed by atoms with Crippen LogP contribution in [0.1, 0.15) is 10.4 Å². The number of nitrogens with one attached hydrogen (secondary N) is 1. The minimum atomic E-state index is -0.957. The quantitative estimate of drug-likeness (QED) is 0.394. The second-order valence-electron chi connectivity index (χ2n) is 5.08. The molecule has 0 spiro atoms. The van der Waals surface area contributed by atoms with Gasteiger partial charge in [0.2, 0.25) is 0 Å². The van der Waals surface area contributed by atoms with Crippen LogP contribution in [0.25, 0.3) is 0 Å². The van der Waals surface area contributed by atoms with E-state index in [1.54, 1.807) is 0 Å². The van der Waals surface area contributed by atoms with Crippen molar-refractivity contribution in [3.8, 4) is 0 Å². The number of non-ortho nitro benzene ring substituents is 1. The van der Waals surface area contributed by atoms with Gasteiger partial charge in [-0.05, 0) is 30.3 Å². The van der Waals surface area contributed by atoms with E-state index in [1.165, 1.54) is 30.3 Å². The van der Waals surface area contributed by atoms with E-state index in [0.717, 1.165) is 23.9 Å². The number of anilines is 1. The van der Waals surface area contributed by atoms with E-state index in [0.29, 0.717) is 4.90 Å². The Kier molecular flexibility index (Phi) is 6.45. The van der Waals surface area contributed by atoms with Crippen molar-refractivity contribution in [2.45, 2.75) is 11.0 Å². The van der Waals surface area contributed by atoms with Gasteiger partial charge in [0, 0.05) is 34.0 Å². The summed E-state index contributed by atoms with van der Waals surface area (Å²) < 4.78 is 12.9. The third-order valence-electron chi connectivity index (χ3n) is 3.12. The fourth-order valence-electron chi connectivity index (χ4n) is 1.89. The maximum atomic E-state index is 12.9. The van der Waals surface area contributed by atoms with Gasteiger partial charge >= 0.3 is 0 Å². The van der Waals surface area contributed by atoms with Crippen LogP contribution in [0, 0.1) is 15.9 Å². The van der Waals surface area contributed by atoms with Gasteiger partial charge in [-0.1, -0.05) is 0 Å². The highest BCUT2D eigenvalue weighted by Gasteiger charge is 2.14. The molecule has 0 aliphatic heterocycles. The van der Waals surface area contributed by atoms with Crippen molar-refractivity contribution in [1.29, 1.82) is 0 Å². The average molecular weight is 366 g/mol. The molecule has 2 aromatic rings. The molecule has 0 radical (unpaired) electrons. The number of nitro benzene ring substituents is 1. The van der Waals surface area contributed by atoms with Gasteiger partial charge < -0.3 is 15.5 Å². The number of amides is 1. The van der Waals surface area contributed by atoms with Crippen LogP contribution in [0.15, 0.2) is 47.4 Å². The molecule has 0 fully saturated rings. The summed E-state index contributed by atoms with van der Waals surface area (Å²) in [6, 6.07) is 8.91. The molecule has 0 saturated heterocycles. The molecule has 0 aliphatic carbocycles. The Morgan fingerprint density at radius 1 is 1.28 bits per heavy atom. The molecular formula is C16H15FN2O5S. The van der Waals surface area contributed by atoms with E-state index in [2.05, 4.69) is 5.32 Å². The summed E-state index contributed by atoms with van der Waals surface area (Å²) in [4.78, 5) is 23.1. The number of halogens is 1. The molecule has 25 heavy (non-hydrogen) atoms. The topological polar surface area (TPSA) is 113 Å². The van der Waals surface area contributed by atoms with Gasteiger partial charge in [-0.2, -0.15) is 0 Å². The number of hydrogen-bond acceptors (Lipinski definition) is 6. The molecule has 0 aliphatic rings. The van der Waals surface area contributed by atoms with Crippen LogP contribution in [0.3, 0.4) is 0 Å². The number of nitro groups is 1. The predicted octanol–water partition coefficient (Wildman–Crippen LogP) is 2.43. The molecule has 1 amide bonds. The van der Waals surface area contributed by atoms with Crippen LogP contribution in [0.5, 0.6) is 0 Å². The SMILES string of the molecule is O=C(Nc1cc(SC[C@H](O)CO)cc([N+](=O)[O-])c1)c1ccc(F)cc1. The third-order valence-corrected chi connectivity index (χ3v) is 4.24. The molecule has 2 aromatic carbocycles. The van der Waals surface area contributed by atoms with Crippen molar-refractivity contribution in [1.82, 2.24) is 0 Å². The molecule has 132 valence electrons. The minimum Gasteiger partial charge on any atom is -0.394 e. The first-order valence-electron chi connectivity index (χ1n) is 7.17. The average Bonchev–Trinajstić information content (AvgIpc) is 2.59. The van der Waals surface area contributed by atoms with Crippen LogP contribution in [0.4, 0.5) is 15.8 Å². The van der Waals surface area contributed by atoms with Gasteiger partial charge in [0.05, 0.1) is 17.6 Å². The van der Waals surface area contributed by atoms with Gasteiger partial charge in [0.15, 0.2) is 0 Å². The van der Waals surface area contributed by atoms with Crippen molar-refractivity contribution in [2.24, 2.45) is 0 Å². The van der Waals surface area contributed by atoms with Gasteiger partial charge in [-0.15, -0.1) is 11.8 Å². The summed E-state index contributed by atoms with van der Waals surface area (Å²) in [6.45, 7) is -0.421. The van der Waals surface area contributed by atoms with Crippen molar-refractivity contribution < 1.29 is 24.3 Å². The lowest BCUT2D eigenvalue weighted by atomic mass is 10.2. The van der Waals surface area contributed by atoms with E-state index in [1.807, 2.05) is 0 Å². The fraction of sp³-hybridized carbons (Fsp3) is 0.188. The Morgan fingerprint density at radius 3 is 2.56 bits per heavy atom. The van der Waals surface area contributed by atoms with Crippen LogP contribution in [-0.4, -0.2) is 39.5 Å². The first kappa shape index (κ1) is 18.8. The standard InChI is InChI=1S/C16H15FN2O5S/c17-11-3-1-10(2-4-11)16(22)18-12-5-13(19(23)24)7-15(6-12)25-9-14(21)8-20/h1-7,14,20-21H,8-9H2,(H,18,22)/t14-/m1/s1. The van der Waals surface area contributed by atoms with E-state index in [-0.39, 0.29) is 22.7 Å². The number of carbonyl (C=O) groups is 1. The molecule has 9 heteroatoms. The highest BCUT2D eigenvalue weighted by molar-refractivity contribution is 7.99. The third kappa shape index (κ3) is 5.52. The smallest absolute Gasteiger partial charge is 0.272 e. The molecule has 0 aromatic heterocycles. The van der Waals surface area contributed by atoms with Gasteiger partial charge in [0.1, 0.15) is 5.82 Å². The molecule has 0 bridgehead atoms. The number of nitrogens with zero attached hydrogens (tertiary/aromatic N) is 1. The second-order valence-corrected chi connectivity index (χ2v) is 6.17. The molecule has 3 N–H and O–H groups in total. The van der Waals surface area contributed by atoms with Crippen LogP contribution >= 0.6 is 11.8 Å². The van der Waals surface area contributed by atoms with Gasteiger partial charge in [-0.3, -0.25) is 14.9 Å². The normalized spacial score (nSPS) is 11.8. The molecule has 0 unspecified atom stereocenters. The Labute approximate surface area is 146 Å². The molecule has 2 rings (SSSR count). The Hall–Kier alpha value is -2.49. The maximum absolute atomic E-state index is 12.9. The fourth-order valence-corrected chi connectivity index (χ4v) is 2.80. The number of rotatable bonds is 7. The molecule has 0 saturated carbocycles. The summed E-state index contributed by atoms with van der Waals surface area (Å²) >= 11 is 1.11. The summed E-state index contributed by atoms with van der Waals surface area (Å²) in [5, 5.41) is 31.8. The number of aliphatic hydroxyl groups is 2. The number of thioether (sulfide) groups is 1. The summed E-state index contributed by atoms with van der Waals surface area (Å²) in [7, 11) is 0. The summed E-state index contributed by atoms with van der Waals surface area (Å²) in [5.41, 5.74) is 0.181. The van der Waals surface area contributed by atoms with Crippen molar-refractivity contribution in [2.75, 3.05) is 17.7 Å². The van der Waals surface area contributed by atoms with E-state index < -0.39 is 29.4 Å². The van der Waals surface area contributed by atoms with Crippen molar-refractivity contribution in [3.63, 3.8) is 0 Å². The Bertz CT molecular complexity index is 770. The lowest BCUT2D eigenvalue weighted by molar-refractivity contribution is -0.385. The Balaban J connectivity index is 2.20. The lowest BCUT2D eigenvalue weighted by Gasteiger charge is -2.10. The summed E-state index contributed by atoms with van der Waals surface area (Å²) in [5.74, 6) is -0.872. The lowest BCUT2D eigenvalue weighted by Crippen LogP contribution is -2.14. The summed E-state index contributed by atoms with van der Waals surface area (Å²) in [6.07, 6.45) is -0.957. The van der Waals surface area contributed by atoms with Gasteiger partial charge in [0.25, 0.3) is 11.6 Å².